The minimum atomic E-state index is -0.901. The van der Waals surface area contributed by atoms with Crippen molar-refractivity contribution < 1.29 is 9.84 Å². The van der Waals surface area contributed by atoms with Gasteiger partial charge in [-0.25, -0.2) is 0 Å². The van der Waals surface area contributed by atoms with Crippen molar-refractivity contribution in [3.05, 3.63) is 42.0 Å². The number of hydrogen-bond donors (Lipinski definition) is 2. The smallest absolute Gasteiger partial charge is 0.119 e. The first-order valence-electron chi connectivity index (χ1n) is 7.27. The average Bonchev–Trinajstić information content (AvgIpc) is 2.43. The molecule has 0 aliphatic heterocycles. The van der Waals surface area contributed by atoms with E-state index in [0.29, 0.717) is 6.54 Å². The van der Waals surface area contributed by atoms with Gasteiger partial charge >= 0.3 is 0 Å². The third kappa shape index (κ3) is 3.96. The van der Waals surface area contributed by atoms with E-state index in [1.165, 1.54) is 0 Å². The molecule has 0 heterocycles. The van der Waals surface area contributed by atoms with E-state index in [1.54, 1.807) is 7.11 Å². The highest BCUT2D eigenvalue weighted by Crippen LogP contribution is 2.27. The average molecular weight is 287 g/mol. The number of methoxy groups -OCH3 is 1. The summed E-state index contributed by atoms with van der Waals surface area (Å²) in [6.07, 6.45) is 0. The van der Waals surface area contributed by atoms with E-state index >= 15 is 0 Å². The highest BCUT2D eigenvalue weighted by molar-refractivity contribution is 5.84. The van der Waals surface area contributed by atoms with E-state index in [2.05, 4.69) is 26.1 Å². The number of benzene rings is 2. The summed E-state index contributed by atoms with van der Waals surface area (Å²) in [5, 5.41) is 16.3. The lowest BCUT2D eigenvalue weighted by Crippen LogP contribution is -2.44. The zero-order chi connectivity index (χ0) is 15.7. The molecular weight excluding hydrogens is 262 g/mol. The van der Waals surface area contributed by atoms with Gasteiger partial charge in [0.15, 0.2) is 0 Å². The van der Waals surface area contributed by atoms with E-state index in [0.717, 1.165) is 22.1 Å². The maximum atomic E-state index is 10.7. The molecular formula is C18H25NO2. The molecule has 2 N–H and O–H groups in total. The first-order chi connectivity index (χ1) is 9.71. The van der Waals surface area contributed by atoms with Crippen molar-refractivity contribution in [2.24, 2.45) is 0 Å². The van der Waals surface area contributed by atoms with Crippen molar-refractivity contribution in [2.75, 3.05) is 13.7 Å². The molecule has 21 heavy (non-hydrogen) atoms. The van der Waals surface area contributed by atoms with Crippen molar-refractivity contribution in [3.8, 4) is 5.75 Å². The summed E-state index contributed by atoms with van der Waals surface area (Å²) in [7, 11) is 1.67. The van der Waals surface area contributed by atoms with Gasteiger partial charge in [0, 0.05) is 12.1 Å². The van der Waals surface area contributed by atoms with Crippen LogP contribution in [0.15, 0.2) is 36.4 Å². The lowest BCUT2D eigenvalue weighted by molar-refractivity contribution is 0.0503. The third-order valence-corrected chi connectivity index (χ3v) is 3.63. The number of aliphatic hydroxyl groups is 1. The van der Waals surface area contributed by atoms with Crippen LogP contribution in [0.1, 0.15) is 33.3 Å². The summed E-state index contributed by atoms with van der Waals surface area (Å²) in [6.45, 7) is 8.63. The topological polar surface area (TPSA) is 41.5 Å². The largest absolute Gasteiger partial charge is 0.497 e. The van der Waals surface area contributed by atoms with Gasteiger partial charge in [-0.2, -0.15) is 0 Å². The van der Waals surface area contributed by atoms with Crippen LogP contribution >= 0.6 is 0 Å². The maximum Gasteiger partial charge on any atom is 0.119 e. The molecule has 2 rings (SSSR count). The normalized spacial score (nSPS) is 15.0. The van der Waals surface area contributed by atoms with Gasteiger partial charge in [0.1, 0.15) is 5.75 Å². The standard InChI is InChI=1S/C18H25NO2/c1-17(2,3)19-12-18(4,20)15-8-6-14-11-16(21-5)9-7-13(14)10-15/h6-11,19-20H,12H2,1-5H3. The summed E-state index contributed by atoms with van der Waals surface area (Å²) in [6, 6.07) is 12.0. The van der Waals surface area contributed by atoms with Crippen LogP contribution in [0.3, 0.4) is 0 Å². The van der Waals surface area contributed by atoms with Gasteiger partial charge in [-0.3, -0.25) is 0 Å². The molecule has 0 aliphatic carbocycles. The van der Waals surface area contributed by atoms with E-state index in [4.69, 9.17) is 4.74 Å². The molecule has 0 aliphatic rings. The minimum absolute atomic E-state index is 0.0196. The van der Waals surface area contributed by atoms with Crippen LogP contribution in [-0.4, -0.2) is 24.3 Å². The fraction of sp³-hybridized carbons (Fsp3) is 0.444. The van der Waals surface area contributed by atoms with Gasteiger partial charge < -0.3 is 15.2 Å². The second kappa shape index (κ2) is 5.66. The molecule has 114 valence electrons. The van der Waals surface area contributed by atoms with E-state index in [9.17, 15) is 5.11 Å². The number of ether oxygens (including phenoxy) is 1. The number of fused-ring (bicyclic) bond motifs is 1. The molecule has 0 spiro atoms. The molecule has 1 unspecified atom stereocenters. The molecule has 0 saturated carbocycles. The van der Waals surface area contributed by atoms with Crippen LogP contribution in [0.4, 0.5) is 0 Å². The van der Waals surface area contributed by atoms with Gasteiger partial charge in [0.05, 0.1) is 12.7 Å². The summed E-state index contributed by atoms with van der Waals surface area (Å²) in [5.41, 5.74) is -0.00722. The molecule has 0 saturated heterocycles. The Morgan fingerprint density at radius 1 is 1.00 bits per heavy atom. The maximum absolute atomic E-state index is 10.7. The van der Waals surface area contributed by atoms with Crippen molar-refractivity contribution >= 4 is 10.8 Å². The van der Waals surface area contributed by atoms with Crippen LogP contribution in [0.5, 0.6) is 5.75 Å². The number of β-amino-alcohol motifs (C(OH)–C–C–N with tert-alkyl or cyclic N) is 1. The Labute approximate surface area is 126 Å². The lowest BCUT2D eigenvalue weighted by atomic mass is 9.92. The molecule has 0 fully saturated rings. The molecule has 2 aromatic carbocycles. The number of hydrogen-bond acceptors (Lipinski definition) is 3. The zero-order valence-corrected chi connectivity index (χ0v) is 13.5. The van der Waals surface area contributed by atoms with E-state index in [-0.39, 0.29) is 5.54 Å². The summed E-state index contributed by atoms with van der Waals surface area (Å²) >= 11 is 0. The fourth-order valence-electron chi connectivity index (χ4n) is 2.23. The fourth-order valence-corrected chi connectivity index (χ4v) is 2.23. The Morgan fingerprint density at radius 3 is 2.24 bits per heavy atom. The van der Waals surface area contributed by atoms with E-state index in [1.807, 2.05) is 43.3 Å². The second-order valence-electron chi connectivity index (χ2n) is 6.81. The van der Waals surface area contributed by atoms with Crippen LogP contribution in [0.25, 0.3) is 10.8 Å². The Morgan fingerprint density at radius 2 is 1.62 bits per heavy atom. The molecule has 1 atom stereocenters. The lowest BCUT2D eigenvalue weighted by Gasteiger charge is -2.30. The highest BCUT2D eigenvalue weighted by atomic mass is 16.5. The molecule has 2 aromatic rings. The van der Waals surface area contributed by atoms with Crippen molar-refractivity contribution in [3.63, 3.8) is 0 Å². The Balaban J connectivity index is 2.29. The SMILES string of the molecule is COc1ccc2cc(C(C)(O)CNC(C)(C)C)ccc2c1. The summed E-state index contributed by atoms with van der Waals surface area (Å²) in [5.74, 6) is 0.844. The molecule has 0 aromatic heterocycles. The van der Waals surface area contributed by atoms with Gasteiger partial charge in [-0.1, -0.05) is 18.2 Å². The number of nitrogens with one attached hydrogen (secondary N) is 1. The third-order valence-electron chi connectivity index (χ3n) is 3.63. The minimum Gasteiger partial charge on any atom is -0.497 e. The Kier molecular flexibility index (Phi) is 4.26. The van der Waals surface area contributed by atoms with Crippen LogP contribution < -0.4 is 10.1 Å². The molecule has 3 nitrogen and oxygen atoms in total. The Bertz CT molecular complexity index is 627. The first kappa shape index (κ1) is 15.8. The first-order valence-corrected chi connectivity index (χ1v) is 7.27. The van der Waals surface area contributed by atoms with Gasteiger partial charge in [0.25, 0.3) is 0 Å². The molecule has 0 bridgehead atoms. The predicted octanol–water partition coefficient (Wildman–Crippen LogP) is 3.44. The summed E-state index contributed by atoms with van der Waals surface area (Å²) < 4.78 is 5.24. The quantitative estimate of drug-likeness (QED) is 0.905. The van der Waals surface area contributed by atoms with Crippen molar-refractivity contribution in [1.82, 2.24) is 5.32 Å². The van der Waals surface area contributed by atoms with Gasteiger partial charge in [0.2, 0.25) is 0 Å². The Hall–Kier alpha value is -1.58. The van der Waals surface area contributed by atoms with Gasteiger partial charge in [-0.15, -0.1) is 0 Å². The van der Waals surface area contributed by atoms with Gasteiger partial charge in [-0.05, 0) is 62.2 Å². The van der Waals surface area contributed by atoms with Crippen LogP contribution in [-0.2, 0) is 5.60 Å². The van der Waals surface area contributed by atoms with Crippen LogP contribution in [0.2, 0.25) is 0 Å². The number of rotatable bonds is 4. The monoisotopic (exact) mass is 287 g/mol. The van der Waals surface area contributed by atoms with E-state index < -0.39 is 5.60 Å². The zero-order valence-electron chi connectivity index (χ0n) is 13.5. The highest BCUT2D eigenvalue weighted by Gasteiger charge is 2.25. The summed E-state index contributed by atoms with van der Waals surface area (Å²) in [4.78, 5) is 0. The molecule has 0 radical (unpaired) electrons. The van der Waals surface area contributed by atoms with Crippen LogP contribution in [0, 0.1) is 0 Å². The second-order valence-corrected chi connectivity index (χ2v) is 6.81. The predicted molar refractivity (Wildman–Crippen MR) is 87.8 cm³/mol. The van der Waals surface area contributed by atoms with Crippen molar-refractivity contribution in [2.45, 2.75) is 38.8 Å². The van der Waals surface area contributed by atoms with Crippen molar-refractivity contribution in [1.29, 1.82) is 0 Å². The molecule has 3 heteroatoms. The molecule has 0 amide bonds.